The van der Waals surface area contributed by atoms with Crippen LogP contribution in [0.4, 0.5) is 5.69 Å². The Labute approximate surface area is 219 Å². The summed E-state index contributed by atoms with van der Waals surface area (Å²) in [5.41, 5.74) is 4.62. The van der Waals surface area contributed by atoms with E-state index in [1.54, 1.807) is 0 Å². The number of para-hydroxylation sites is 1. The molecule has 1 aromatic heterocycles. The molecular formula is C30H36N4O3. The highest BCUT2D eigenvalue weighted by Crippen LogP contribution is 2.37. The number of ether oxygens (including phenoxy) is 2. The molecule has 7 heteroatoms. The Hall–Kier alpha value is -3.16. The van der Waals surface area contributed by atoms with Gasteiger partial charge in [-0.1, -0.05) is 30.3 Å². The van der Waals surface area contributed by atoms with Crippen LogP contribution in [-0.4, -0.2) is 85.8 Å². The molecule has 0 saturated carbocycles. The zero-order valence-electron chi connectivity index (χ0n) is 21.6. The number of rotatable bonds is 5. The monoisotopic (exact) mass is 500 g/mol. The van der Waals surface area contributed by atoms with Crippen LogP contribution in [0.5, 0.6) is 5.75 Å². The third-order valence-electron chi connectivity index (χ3n) is 7.99. The number of carbonyl (C=O) groups is 1. The standard InChI is InChI=1S/C30H36N4O3/c1-32-16-18-33(19-17-32)29-25-5-2-3-6-27(25)31-21-26(29)22-8-10-23(11-9-22)37-24-12-14-34(15-13-24)30(35)28-7-4-20-36-28/h2-3,5-6,8-11,21,24,28H,4,7,12-20H2,1H3/t28-/m1/s1. The van der Waals surface area contributed by atoms with Gasteiger partial charge in [0.05, 0.1) is 11.2 Å². The molecule has 3 aliphatic rings. The number of benzene rings is 2. The molecule has 7 nitrogen and oxygen atoms in total. The molecule has 4 heterocycles. The summed E-state index contributed by atoms with van der Waals surface area (Å²) in [6, 6.07) is 16.9. The summed E-state index contributed by atoms with van der Waals surface area (Å²) >= 11 is 0. The smallest absolute Gasteiger partial charge is 0.251 e. The third-order valence-corrected chi connectivity index (χ3v) is 7.99. The second-order valence-corrected chi connectivity index (χ2v) is 10.5. The van der Waals surface area contributed by atoms with Crippen LogP contribution in [-0.2, 0) is 9.53 Å². The number of piperidine rings is 1. The van der Waals surface area contributed by atoms with Crippen LogP contribution in [0.1, 0.15) is 25.7 Å². The number of hydrogen-bond donors (Lipinski definition) is 0. The number of carbonyl (C=O) groups excluding carboxylic acids is 1. The molecule has 3 aromatic rings. The van der Waals surface area contributed by atoms with Crippen LogP contribution in [0.25, 0.3) is 22.0 Å². The zero-order chi connectivity index (χ0) is 25.2. The van der Waals surface area contributed by atoms with E-state index in [1.807, 2.05) is 11.1 Å². The highest BCUT2D eigenvalue weighted by Gasteiger charge is 2.31. The number of hydrogen-bond acceptors (Lipinski definition) is 6. The molecule has 3 saturated heterocycles. The number of pyridine rings is 1. The van der Waals surface area contributed by atoms with Crippen LogP contribution in [0.15, 0.2) is 54.7 Å². The number of aromatic nitrogens is 1. The van der Waals surface area contributed by atoms with Gasteiger partial charge in [0, 0.05) is 75.9 Å². The van der Waals surface area contributed by atoms with Crippen molar-refractivity contribution < 1.29 is 14.3 Å². The molecule has 1 atom stereocenters. The van der Waals surface area contributed by atoms with Gasteiger partial charge in [-0.05, 0) is 43.7 Å². The summed E-state index contributed by atoms with van der Waals surface area (Å²) in [5.74, 6) is 1.03. The van der Waals surface area contributed by atoms with Gasteiger partial charge in [-0.3, -0.25) is 9.78 Å². The molecule has 0 bridgehead atoms. The Balaban J connectivity index is 1.16. The molecule has 3 aliphatic heterocycles. The lowest BCUT2D eigenvalue weighted by Crippen LogP contribution is -2.45. The molecular weight excluding hydrogens is 464 g/mol. The van der Waals surface area contributed by atoms with Crippen molar-refractivity contribution in [2.75, 3.05) is 57.8 Å². The highest BCUT2D eigenvalue weighted by atomic mass is 16.5. The Morgan fingerprint density at radius 3 is 2.43 bits per heavy atom. The number of amides is 1. The van der Waals surface area contributed by atoms with Gasteiger partial charge in [0.25, 0.3) is 5.91 Å². The minimum absolute atomic E-state index is 0.127. The first-order chi connectivity index (χ1) is 18.2. The Morgan fingerprint density at radius 2 is 1.70 bits per heavy atom. The van der Waals surface area contributed by atoms with Gasteiger partial charge in [-0.25, -0.2) is 0 Å². The van der Waals surface area contributed by atoms with Crippen LogP contribution in [0.2, 0.25) is 0 Å². The van der Waals surface area contributed by atoms with Crippen LogP contribution < -0.4 is 9.64 Å². The number of nitrogens with zero attached hydrogens (tertiary/aromatic N) is 4. The molecule has 2 aromatic carbocycles. The van der Waals surface area contributed by atoms with Crippen molar-refractivity contribution in [3.05, 3.63) is 54.7 Å². The molecule has 0 unspecified atom stereocenters. The first kappa shape index (κ1) is 24.2. The molecule has 6 rings (SSSR count). The van der Waals surface area contributed by atoms with Gasteiger partial charge in [-0.15, -0.1) is 0 Å². The Kier molecular flexibility index (Phi) is 6.98. The van der Waals surface area contributed by atoms with E-state index in [0.29, 0.717) is 6.61 Å². The summed E-state index contributed by atoms with van der Waals surface area (Å²) in [6.07, 6.45) is 5.45. The van der Waals surface area contributed by atoms with E-state index in [2.05, 4.69) is 65.4 Å². The maximum atomic E-state index is 12.6. The molecule has 3 fully saturated rings. The van der Waals surface area contributed by atoms with Gasteiger partial charge in [-0.2, -0.15) is 0 Å². The summed E-state index contributed by atoms with van der Waals surface area (Å²) in [7, 11) is 2.19. The topological polar surface area (TPSA) is 58.1 Å². The molecule has 194 valence electrons. The van der Waals surface area contributed by atoms with Gasteiger partial charge in [0.2, 0.25) is 0 Å². The number of likely N-dealkylation sites (tertiary alicyclic amines) is 1. The molecule has 0 N–H and O–H groups in total. The van der Waals surface area contributed by atoms with Crippen molar-refractivity contribution in [1.82, 2.24) is 14.8 Å². The SMILES string of the molecule is CN1CCN(c2c(-c3ccc(OC4CCN(C(=O)[C@H]5CCCO5)CC4)cc3)cnc3ccccc23)CC1. The molecule has 0 radical (unpaired) electrons. The van der Waals surface area contributed by atoms with Crippen molar-refractivity contribution in [3.8, 4) is 16.9 Å². The number of likely N-dealkylation sites (N-methyl/N-ethyl adjacent to an activating group) is 1. The Morgan fingerprint density at radius 1 is 0.946 bits per heavy atom. The lowest BCUT2D eigenvalue weighted by atomic mass is 10.0. The van der Waals surface area contributed by atoms with E-state index >= 15 is 0 Å². The lowest BCUT2D eigenvalue weighted by molar-refractivity contribution is -0.142. The summed E-state index contributed by atoms with van der Waals surface area (Å²) in [6.45, 7) is 6.30. The number of anilines is 1. The van der Waals surface area contributed by atoms with Crippen molar-refractivity contribution >= 4 is 22.5 Å². The van der Waals surface area contributed by atoms with Crippen LogP contribution in [0.3, 0.4) is 0 Å². The van der Waals surface area contributed by atoms with E-state index in [1.165, 1.54) is 11.1 Å². The summed E-state index contributed by atoms with van der Waals surface area (Å²) in [5, 5.41) is 1.20. The highest BCUT2D eigenvalue weighted by molar-refractivity contribution is 5.99. The fourth-order valence-electron chi connectivity index (χ4n) is 5.78. The van der Waals surface area contributed by atoms with Gasteiger partial charge < -0.3 is 24.2 Å². The largest absolute Gasteiger partial charge is 0.490 e. The van der Waals surface area contributed by atoms with Gasteiger partial charge >= 0.3 is 0 Å². The first-order valence-corrected chi connectivity index (χ1v) is 13.6. The van der Waals surface area contributed by atoms with E-state index in [-0.39, 0.29) is 18.1 Å². The van der Waals surface area contributed by atoms with Crippen LogP contribution >= 0.6 is 0 Å². The quantitative estimate of drug-likeness (QED) is 0.523. The first-order valence-electron chi connectivity index (χ1n) is 13.6. The molecule has 0 spiro atoms. The lowest BCUT2D eigenvalue weighted by Gasteiger charge is -2.36. The average Bonchev–Trinajstić information content (AvgIpc) is 3.49. The third kappa shape index (κ3) is 5.15. The average molecular weight is 501 g/mol. The normalized spacial score (nSPS) is 21.5. The van der Waals surface area contributed by atoms with E-state index in [4.69, 9.17) is 14.5 Å². The predicted molar refractivity (Wildman–Crippen MR) is 146 cm³/mol. The van der Waals surface area contributed by atoms with E-state index in [9.17, 15) is 4.79 Å². The van der Waals surface area contributed by atoms with Crippen molar-refractivity contribution in [2.24, 2.45) is 0 Å². The second kappa shape index (κ2) is 10.7. The summed E-state index contributed by atoms with van der Waals surface area (Å²) < 4.78 is 11.9. The van der Waals surface area contributed by atoms with Crippen molar-refractivity contribution in [2.45, 2.75) is 37.9 Å². The van der Waals surface area contributed by atoms with Crippen LogP contribution in [0, 0.1) is 0 Å². The molecule has 0 aliphatic carbocycles. The predicted octanol–water partition coefficient (Wildman–Crippen LogP) is 4.20. The Bertz CT molecular complexity index is 1230. The second-order valence-electron chi connectivity index (χ2n) is 10.5. The van der Waals surface area contributed by atoms with Crippen molar-refractivity contribution in [1.29, 1.82) is 0 Å². The maximum Gasteiger partial charge on any atom is 0.251 e. The van der Waals surface area contributed by atoms with Gasteiger partial charge in [0.1, 0.15) is 18.0 Å². The molecule has 37 heavy (non-hydrogen) atoms. The minimum Gasteiger partial charge on any atom is -0.490 e. The maximum absolute atomic E-state index is 12.6. The minimum atomic E-state index is -0.231. The zero-order valence-corrected chi connectivity index (χ0v) is 21.6. The van der Waals surface area contributed by atoms with Crippen molar-refractivity contribution in [3.63, 3.8) is 0 Å². The van der Waals surface area contributed by atoms with Gasteiger partial charge in [0.15, 0.2) is 0 Å². The molecule has 1 amide bonds. The summed E-state index contributed by atoms with van der Waals surface area (Å²) in [4.78, 5) is 24.3. The number of piperazine rings is 1. The number of fused-ring (bicyclic) bond motifs is 1. The fraction of sp³-hybridized carbons (Fsp3) is 0.467. The van der Waals surface area contributed by atoms with E-state index in [0.717, 1.165) is 87.3 Å². The fourth-order valence-corrected chi connectivity index (χ4v) is 5.78. The van der Waals surface area contributed by atoms with E-state index < -0.39 is 0 Å².